The fourth-order valence-electron chi connectivity index (χ4n) is 3.46. The van der Waals surface area contributed by atoms with Crippen LogP contribution in [0.5, 0.6) is 0 Å². The summed E-state index contributed by atoms with van der Waals surface area (Å²) in [5.74, 6) is 0. The normalized spacial score (nSPS) is 15.9. The third-order valence-electron chi connectivity index (χ3n) is 4.85. The molecule has 27 heavy (non-hydrogen) atoms. The Morgan fingerprint density at radius 2 is 1.33 bits per heavy atom. The predicted molar refractivity (Wildman–Crippen MR) is 113 cm³/mol. The van der Waals surface area contributed by atoms with E-state index in [0.717, 1.165) is 24.2 Å². The third kappa shape index (κ3) is 4.35. The molecule has 0 aliphatic carbocycles. The van der Waals surface area contributed by atoms with Crippen LogP contribution in [0.15, 0.2) is 108 Å². The van der Waals surface area contributed by atoms with Gasteiger partial charge in [-0.25, -0.2) is 0 Å². The van der Waals surface area contributed by atoms with E-state index in [9.17, 15) is 0 Å². The number of aliphatic imine (C=N–C) groups is 1. The fraction of sp³-hybridized carbons (Fsp3) is 0.160. The van der Waals surface area contributed by atoms with Crippen molar-refractivity contribution in [1.82, 2.24) is 5.32 Å². The van der Waals surface area contributed by atoms with E-state index in [1.54, 1.807) is 0 Å². The Morgan fingerprint density at radius 3 is 1.85 bits per heavy atom. The minimum absolute atomic E-state index is 0.0270. The lowest BCUT2D eigenvalue weighted by atomic mass is 9.98. The number of nitrogens with zero attached hydrogens (tertiary/aromatic N) is 1. The molecule has 1 N–H and O–H groups in total. The Labute approximate surface area is 161 Å². The minimum atomic E-state index is -0.0270. The molecule has 0 unspecified atom stereocenters. The fourth-order valence-corrected chi connectivity index (χ4v) is 3.46. The zero-order valence-electron chi connectivity index (χ0n) is 15.4. The highest BCUT2D eigenvalue weighted by atomic mass is 14.9. The summed E-state index contributed by atoms with van der Waals surface area (Å²) in [4.78, 5) is 5.25. The molecule has 1 heterocycles. The second-order valence-corrected chi connectivity index (χ2v) is 6.80. The first-order valence-electron chi connectivity index (χ1n) is 9.58. The van der Waals surface area contributed by atoms with Gasteiger partial charge in [0.15, 0.2) is 0 Å². The Morgan fingerprint density at radius 1 is 0.778 bits per heavy atom. The van der Waals surface area contributed by atoms with Gasteiger partial charge < -0.3 is 5.32 Å². The topological polar surface area (TPSA) is 24.4 Å². The highest BCUT2D eigenvalue weighted by Gasteiger charge is 2.15. The Hall–Kier alpha value is -3.13. The molecule has 3 aromatic carbocycles. The molecule has 1 saturated heterocycles. The van der Waals surface area contributed by atoms with Crippen molar-refractivity contribution in [1.29, 1.82) is 0 Å². The van der Waals surface area contributed by atoms with E-state index in [4.69, 9.17) is 4.99 Å². The van der Waals surface area contributed by atoms with Gasteiger partial charge in [-0.15, -0.1) is 0 Å². The molecule has 2 nitrogen and oxygen atoms in total. The number of allylic oxidation sites excluding steroid dienone is 2. The van der Waals surface area contributed by atoms with Crippen molar-refractivity contribution >= 4 is 5.71 Å². The van der Waals surface area contributed by atoms with Gasteiger partial charge >= 0.3 is 0 Å². The number of rotatable bonds is 5. The Bertz CT molecular complexity index is 865. The average Bonchev–Trinajstić information content (AvgIpc) is 3.26. The van der Waals surface area contributed by atoms with Gasteiger partial charge in [0.1, 0.15) is 6.04 Å². The quantitative estimate of drug-likeness (QED) is 0.600. The van der Waals surface area contributed by atoms with Crippen LogP contribution in [0.25, 0.3) is 0 Å². The van der Waals surface area contributed by atoms with E-state index >= 15 is 0 Å². The van der Waals surface area contributed by atoms with Crippen molar-refractivity contribution in [2.24, 2.45) is 4.99 Å². The summed E-state index contributed by atoms with van der Waals surface area (Å²) < 4.78 is 0. The number of benzene rings is 3. The standard InChI is InChI=1S/C25H24N2/c1-4-11-20(12-5-1)24(19-23-17-10-18-26-23)27-25(21-13-6-2-7-14-21)22-15-8-3-9-16-22/h1-9,11-16,19,25-26H,10,17-18H2. The van der Waals surface area contributed by atoms with E-state index in [0.29, 0.717) is 0 Å². The van der Waals surface area contributed by atoms with Crippen LogP contribution in [-0.4, -0.2) is 12.3 Å². The lowest BCUT2D eigenvalue weighted by Crippen LogP contribution is -2.09. The van der Waals surface area contributed by atoms with E-state index in [-0.39, 0.29) is 6.04 Å². The maximum absolute atomic E-state index is 5.25. The monoisotopic (exact) mass is 352 g/mol. The minimum Gasteiger partial charge on any atom is -0.388 e. The average molecular weight is 352 g/mol. The first-order chi connectivity index (χ1) is 13.4. The molecule has 2 heteroatoms. The molecule has 0 saturated carbocycles. The molecule has 3 aromatic rings. The molecule has 0 atom stereocenters. The molecule has 4 rings (SSSR count). The van der Waals surface area contributed by atoms with Crippen molar-refractivity contribution in [2.75, 3.05) is 6.54 Å². The van der Waals surface area contributed by atoms with Crippen LogP contribution in [0.1, 0.15) is 35.6 Å². The van der Waals surface area contributed by atoms with Gasteiger partial charge in [-0.2, -0.15) is 0 Å². The summed E-state index contributed by atoms with van der Waals surface area (Å²) >= 11 is 0. The van der Waals surface area contributed by atoms with Crippen LogP contribution in [-0.2, 0) is 0 Å². The van der Waals surface area contributed by atoms with E-state index < -0.39 is 0 Å². The molecule has 1 fully saturated rings. The summed E-state index contributed by atoms with van der Waals surface area (Å²) in [5, 5.41) is 3.49. The Kier molecular flexibility index (Phi) is 5.44. The number of nitrogens with one attached hydrogen (secondary N) is 1. The maximum Gasteiger partial charge on any atom is 0.101 e. The van der Waals surface area contributed by atoms with Crippen molar-refractivity contribution in [3.05, 3.63) is 119 Å². The van der Waals surface area contributed by atoms with Gasteiger partial charge in [-0.3, -0.25) is 4.99 Å². The molecule has 0 spiro atoms. The van der Waals surface area contributed by atoms with Gasteiger partial charge in [0.25, 0.3) is 0 Å². The van der Waals surface area contributed by atoms with Gasteiger partial charge in [-0.1, -0.05) is 91.0 Å². The van der Waals surface area contributed by atoms with Gasteiger partial charge in [-0.05, 0) is 35.6 Å². The van der Waals surface area contributed by atoms with Crippen molar-refractivity contribution in [3.8, 4) is 0 Å². The molecular formula is C25H24N2. The predicted octanol–water partition coefficient (Wildman–Crippen LogP) is 5.53. The van der Waals surface area contributed by atoms with Gasteiger partial charge in [0.2, 0.25) is 0 Å². The van der Waals surface area contributed by atoms with Crippen LogP contribution in [0.3, 0.4) is 0 Å². The molecule has 1 aliphatic heterocycles. The molecular weight excluding hydrogens is 328 g/mol. The summed E-state index contributed by atoms with van der Waals surface area (Å²) in [6, 6.07) is 31.5. The third-order valence-corrected chi connectivity index (χ3v) is 4.85. The number of hydrogen-bond donors (Lipinski definition) is 1. The Balaban J connectivity index is 1.82. The molecule has 134 valence electrons. The van der Waals surface area contributed by atoms with Crippen molar-refractivity contribution in [2.45, 2.75) is 18.9 Å². The second-order valence-electron chi connectivity index (χ2n) is 6.80. The molecule has 1 aliphatic rings. The second kappa shape index (κ2) is 8.50. The maximum atomic E-state index is 5.25. The highest BCUT2D eigenvalue weighted by molar-refractivity contribution is 6.09. The van der Waals surface area contributed by atoms with E-state index in [2.05, 4.69) is 96.3 Å². The molecule has 0 aromatic heterocycles. The molecule has 0 radical (unpaired) electrons. The molecule has 0 bridgehead atoms. The first kappa shape index (κ1) is 17.3. The van der Waals surface area contributed by atoms with Crippen LogP contribution in [0.2, 0.25) is 0 Å². The summed E-state index contributed by atoms with van der Waals surface area (Å²) in [6.07, 6.45) is 4.50. The SMILES string of the molecule is C(=C1CCCN1)C(=NC(c1ccccc1)c1ccccc1)c1ccccc1. The van der Waals surface area contributed by atoms with Crippen LogP contribution in [0, 0.1) is 0 Å². The van der Waals surface area contributed by atoms with E-state index in [1.807, 2.05) is 6.07 Å². The van der Waals surface area contributed by atoms with Crippen molar-refractivity contribution < 1.29 is 0 Å². The lowest BCUT2D eigenvalue weighted by molar-refractivity contribution is 0.873. The smallest absolute Gasteiger partial charge is 0.101 e. The van der Waals surface area contributed by atoms with Crippen LogP contribution in [0.4, 0.5) is 0 Å². The van der Waals surface area contributed by atoms with Crippen molar-refractivity contribution in [3.63, 3.8) is 0 Å². The van der Waals surface area contributed by atoms with Crippen LogP contribution >= 0.6 is 0 Å². The largest absolute Gasteiger partial charge is 0.388 e. The van der Waals surface area contributed by atoms with E-state index in [1.165, 1.54) is 23.2 Å². The number of hydrogen-bond acceptors (Lipinski definition) is 2. The summed E-state index contributed by atoms with van der Waals surface area (Å²) in [5.41, 5.74) is 5.86. The van der Waals surface area contributed by atoms with Crippen LogP contribution < -0.4 is 5.32 Å². The zero-order chi connectivity index (χ0) is 18.3. The summed E-state index contributed by atoms with van der Waals surface area (Å²) in [7, 11) is 0. The van der Waals surface area contributed by atoms with Gasteiger partial charge in [0.05, 0.1) is 5.71 Å². The zero-order valence-corrected chi connectivity index (χ0v) is 15.4. The summed E-state index contributed by atoms with van der Waals surface area (Å²) in [6.45, 7) is 1.05. The highest BCUT2D eigenvalue weighted by Crippen LogP contribution is 2.27. The molecule has 0 amide bonds. The first-order valence-corrected chi connectivity index (χ1v) is 9.58. The van der Waals surface area contributed by atoms with Gasteiger partial charge in [0, 0.05) is 12.2 Å². The lowest BCUT2D eigenvalue weighted by Gasteiger charge is -2.16.